The fourth-order valence-electron chi connectivity index (χ4n) is 2.60. The van der Waals surface area contributed by atoms with Crippen molar-refractivity contribution in [2.45, 2.75) is 25.2 Å². The number of aromatic amines is 1. The molecule has 1 fully saturated rings. The zero-order valence-corrected chi connectivity index (χ0v) is 14.6. The van der Waals surface area contributed by atoms with Gasteiger partial charge in [0.25, 0.3) is 0 Å². The normalized spacial score (nSPS) is 13.2. The van der Waals surface area contributed by atoms with Crippen LogP contribution >= 0.6 is 11.6 Å². The van der Waals surface area contributed by atoms with E-state index in [-0.39, 0.29) is 0 Å². The standard InChI is InChI=1S/C18H16ClN7/c19-15-10-16(23-17-9-14(25-26-17)12-3-4-12)24-18(22-15)21-13-5-1-11(2-6-13)7-8-20/h1-2,5-6,9-10,12H,3-4,7H2,(H3,21,22,23,24,25,26). The molecule has 0 saturated heterocycles. The van der Waals surface area contributed by atoms with E-state index in [1.165, 1.54) is 12.8 Å². The first-order valence-corrected chi connectivity index (χ1v) is 8.67. The zero-order chi connectivity index (χ0) is 17.9. The van der Waals surface area contributed by atoms with Crippen LogP contribution in [-0.2, 0) is 6.42 Å². The molecule has 8 heteroatoms. The molecule has 1 aliphatic carbocycles. The molecule has 7 nitrogen and oxygen atoms in total. The van der Waals surface area contributed by atoms with Gasteiger partial charge in [0, 0.05) is 29.4 Å². The number of hydrogen-bond donors (Lipinski definition) is 3. The Morgan fingerprint density at radius 1 is 1.12 bits per heavy atom. The van der Waals surface area contributed by atoms with Crippen molar-refractivity contribution < 1.29 is 0 Å². The molecule has 1 aromatic carbocycles. The van der Waals surface area contributed by atoms with Gasteiger partial charge >= 0.3 is 0 Å². The third kappa shape index (κ3) is 3.92. The summed E-state index contributed by atoms with van der Waals surface area (Å²) >= 11 is 6.12. The number of hydrogen-bond acceptors (Lipinski definition) is 6. The molecule has 0 amide bonds. The Hall–Kier alpha value is -3.11. The van der Waals surface area contributed by atoms with Gasteiger partial charge in [-0.1, -0.05) is 23.7 Å². The molecule has 2 aromatic heterocycles. The van der Waals surface area contributed by atoms with Crippen LogP contribution in [0.5, 0.6) is 0 Å². The van der Waals surface area contributed by atoms with Crippen molar-refractivity contribution in [2.24, 2.45) is 0 Å². The number of rotatable bonds is 6. The predicted molar refractivity (Wildman–Crippen MR) is 99.9 cm³/mol. The summed E-state index contributed by atoms with van der Waals surface area (Å²) in [6.07, 6.45) is 2.80. The van der Waals surface area contributed by atoms with Gasteiger partial charge in [-0.3, -0.25) is 5.10 Å². The molecule has 0 atom stereocenters. The average Bonchev–Trinajstić information content (AvgIpc) is 3.36. The minimum atomic E-state index is 0.323. The van der Waals surface area contributed by atoms with E-state index < -0.39 is 0 Å². The van der Waals surface area contributed by atoms with E-state index in [0.29, 0.717) is 35.1 Å². The van der Waals surface area contributed by atoms with Crippen molar-refractivity contribution in [1.29, 1.82) is 5.26 Å². The number of benzene rings is 1. The number of aromatic nitrogens is 4. The topological polar surface area (TPSA) is 102 Å². The van der Waals surface area contributed by atoms with Crippen molar-refractivity contribution in [2.75, 3.05) is 10.6 Å². The minimum absolute atomic E-state index is 0.323. The lowest BCUT2D eigenvalue weighted by atomic mass is 10.1. The maximum atomic E-state index is 8.73. The molecule has 0 spiro atoms. The summed E-state index contributed by atoms with van der Waals surface area (Å²) < 4.78 is 0. The Kier molecular flexibility index (Phi) is 4.42. The molecule has 130 valence electrons. The van der Waals surface area contributed by atoms with Gasteiger partial charge < -0.3 is 10.6 Å². The van der Waals surface area contributed by atoms with Gasteiger partial charge in [-0.15, -0.1) is 0 Å². The summed E-state index contributed by atoms with van der Waals surface area (Å²) in [6.45, 7) is 0. The maximum absolute atomic E-state index is 8.73. The quantitative estimate of drug-likeness (QED) is 0.563. The summed E-state index contributed by atoms with van der Waals surface area (Å²) in [4.78, 5) is 8.62. The Bertz CT molecular complexity index is 954. The van der Waals surface area contributed by atoms with E-state index in [0.717, 1.165) is 16.9 Å². The van der Waals surface area contributed by atoms with Crippen LogP contribution in [0.3, 0.4) is 0 Å². The fraction of sp³-hybridized carbons (Fsp3) is 0.222. The highest BCUT2D eigenvalue weighted by Crippen LogP contribution is 2.39. The third-order valence-corrected chi connectivity index (χ3v) is 4.25. The van der Waals surface area contributed by atoms with E-state index in [4.69, 9.17) is 16.9 Å². The summed E-state index contributed by atoms with van der Waals surface area (Å²) in [5.41, 5.74) is 2.91. The van der Waals surface area contributed by atoms with Crippen molar-refractivity contribution in [3.05, 3.63) is 52.8 Å². The molecule has 2 heterocycles. The highest BCUT2D eigenvalue weighted by atomic mass is 35.5. The number of H-pyrrole nitrogens is 1. The number of nitriles is 1. The summed E-state index contributed by atoms with van der Waals surface area (Å²) in [7, 11) is 0. The van der Waals surface area contributed by atoms with Crippen molar-refractivity contribution in [3.63, 3.8) is 0 Å². The van der Waals surface area contributed by atoms with Crippen LogP contribution < -0.4 is 10.6 Å². The monoisotopic (exact) mass is 365 g/mol. The van der Waals surface area contributed by atoms with Crippen LogP contribution in [0.1, 0.15) is 30.0 Å². The van der Waals surface area contributed by atoms with Crippen molar-refractivity contribution >= 4 is 34.9 Å². The molecule has 0 aliphatic heterocycles. The zero-order valence-electron chi connectivity index (χ0n) is 13.8. The lowest BCUT2D eigenvalue weighted by Gasteiger charge is -2.08. The lowest BCUT2D eigenvalue weighted by Crippen LogP contribution is -2.01. The molecule has 1 aliphatic rings. The molecular formula is C18H16ClN7. The molecule has 3 aromatic rings. The molecule has 3 N–H and O–H groups in total. The first-order chi connectivity index (χ1) is 12.7. The smallest absolute Gasteiger partial charge is 0.230 e. The van der Waals surface area contributed by atoms with Gasteiger partial charge in [0.1, 0.15) is 11.0 Å². The molecule has 0 radical (unpaired) electrons. The van der Waals surface area contributed by atoms with E-state index in [9.17, 15) is 0 Å². The van der Waals surface area contributed by atoms with Crippen LogP contribution in [0.2, 0.25) is 5.15 Å². The van der Waals surface area contributed by atoms with Gasteiger partial charge in [0.15, 0.2) is 5.82 Å². The van der Waals surface area contributed by atoms with Gasteiger partial charge in [-0.05, 0) is 30.5 Å². The average molecular weight is 366 g/mol. The van der Waals surface area contributed by atoms with E-state index in [2.05, 4.69) is 36.9 Å². The van der Waals surface area contributed by atoms with Gasteiger partial charge in [-0.2, -0.15) is 15.3 Å². The third-order valence-electron chi connectivity index (χ3n) is 4.06. The first kappa shape index (κ1) is 16.4. The Balaban J connectivity index is 1.48. The van der Waals surface area contributed by atoms with E-state index in [1.54, 1.807) is 6.07 Å². The molecule has 1 saturated carbocycles. The summed E-state index contributed by atoms with van der Waals surface area (Å²) in [5.74, 6) is 2.25. The molecule has 4 rings (SSSR count). The molecule has 0 bridgehead atoms. The summed E-state index contributed by atoms with van der Waals surface area (Å²) in [5, 5.41) is 22.6. The largest absolute Gasteiger partial charge is 0.324 e. The van der Waals surface area contributed by atoms with Crippen LogP contribution in [0.25, 0.3) is 0 Å². The van der Waals surface area contributed by atoms with Crippen molar-refractivity contribution in [3.8, 4) is 6.07 Å². The number of nitrogens with zero attached hydrogens (tertiary/aromatic N) is 4. The highest BCUT2D eigenvalue weighted by molar-refractivity contribution is 6.29. The predicted octanol–water partition coefficient (Wildman–Crippen LogP) is 4.28. The van der Waals surface area contributed by atoms with Crippen LogP contribution in [0.15, 0.2) is 36.4 Å². The molecule has 26 heavy (non-hydrogen) atoms. The summed E-state index contributed by atoms with van der Waals surface area (Å²) in [6, 6.07) is 13.3. The van der Waals surface area contributed by atoms with Gasteiger partial charge in [0.05, 0.1) is 12.5 Å². The van der Waals surface area contributed by atoms with Gasteiger partial charge in [-0.25, -0.2) is 4.98 Å². The van der Waals surface area contributed by atoms with E-state index in [1.807, 2.05) is 30.3 Å². The Labute approximate surface area is 155 Å². The fourth-order valence-corrected chi connectivity index (χ4v) is 2.78. The van der Waals surface area contributed by atoms with Crippen LogP contribution in [0.4, 0.5) is 23.3 Å². The van der Waals surface area contributed by atoms with Crippen LogP contribution in [0, 0.1) is 11.3 Å². The highest BCUT2D eigenvalue weighted by Gasteiger charge is 2.25. The Morgan fingerprint density at radius 2 is 1.92 bits per heavy atom. The van der Waals surface area contributed by atoms with E-state index >= 15 is 0 Å². The van der Waals surface area contributed by atoms with Gasteiger partial charge in [0.2, 0.25) is 5.95 Å². The minimum Gasteiger partial charge on any atom is -0.324 e. The molecular weight excluding hydrogens is 350 g/mol. The maximum Gasteiger partial charge on any atom is 0.230 e. The first-order valence-electron chi connectivity index (χ1n) is 8.29. The number of anilines is 4. The number of halogens is 1. The second kappa shape index (κ2) is 7.02. The van der Waals surface area contributed by atoms with Crippen LogP contribution in [-0.4, -0.2) is 20.2 Å². The van der Waals surface area contributed by atoms with Crippen molar-refractivity contribution in [1.82, 2.24) is 20.2 Å². The SMILES string of the molecule is N#CCc1ccc(Nc2nc(Cl)cc(Nc3cc(C4CC4)[nH]n3)n2)cc1. The molecule has 0 unspecified atom stereocenters. The second-order valence-corrected chi connectivity index (χ2v) is 6.55. The number of nitrogens with one attached hydrogen (secondary N) is 3. The second-order valence-electron chi connectivity index (χ2n) is 6.16. The lowest BCUT2D eigenvalue weighted by molar-refractivity contribution is 0.966. The Morgan fingerprint density at radius 3 is 2.65 bits per heavy atom.